The van der Waals surface area contributed by atoms with Gasteiger partial charge in [-0.3, -0.25) is 4.79 Å². The van der Waals surface area contributed by atoms with Crippen molar-refractivity contribution in [3.63, 3.8) is 0 Å². The second-order valence-corrected chi connectivity index (χ2v) is 5.38. The van der Waals surface area contributed by atoms with Crippen LogP contribution < -0.4 is 10.6 Å². The van der Waals surface area contributed by atoms with Crippen molar-refractivity contribution >= 4 is 17.5 Å². The number of aryl methyl sites for hydroxylation is 1. The zero-order valence-electron chi connectivity index (χ0n) is 11.2. The highest BCUT2D eigenvalue weighted by Crippen LogP contribution is 2.20. The summed E-state index contributed by atoms with van der Waals surface area (Å²) in [6, 6.07) is 0. The summed E-state index contributed by atoms with van der Waals surface area (Å²) in [6.45, 7) is 4.67. The van der Waals surface area contributed by atoms with Gasteiger partial charge < -0.3 is 15.2 Å². The molecule has 1 fully saturated rings. The van der Waals surface area contributed by atoms with Gasteiger partial charge in [-0.25, -0.2) is 0 Å². The summed E-state index contributed by atoms with van der Waals surface area (Å²) in [5.74, 6) is 0.612. The third-order valence-corrected chi connectivity index (χ3v) is 3.82. The van der Waals surface area contributed by atoms with Crippen LogP contribution in [0.5, 0.6) is 0 Å². The maximum atomic E-state index is 11.8. The van der Waals surface area contributed by atoms with Gasteiger partial charge in [-0.1, -0.05) is 5.16 Å². The molecule has 5 nitrogen and oxygen atoms in total. The van der Waals surface area contributed by atoms with Gasteiger partial charge in [-0.2, -0.15) is 0 Å². The molecule has 1 unspecified atom stereocenters. The van der Waals surface area contributed by atoms with Gasteiger partial charge in [-0.15, -0.1) is 0 Å². The lowest BCUT2D eigenvalue weighted by Gasteiger charge is -2.22. The number of rotatable bonds is 5. The fourth-order valence-electron chi connectivity index (χ4n) is 2.32. The highest BCUT2D eigenvalue weighted by atomic mass is 35.5. The van der Waals surface area contributed by atoms with Gasteiger partial charge in [0.05, 0.1) is 5.69 Å². The van der Waals surface area contributed by atoms with Gasteiger partial charge in [0, 0.05) is 18.5 Å². The number of nitrogens with one attached hydrogen (secondary N) is 2. The van der Waals surface area contributed by atoms with E-state index in [9.17, 15) is 4.79 Å². The average molecular weight is 286 g/mol. The van der Waals surface area contributed by atoms with Crippen molar-refractivity contribution in [1.82, 2.24) is 15.8 Å². The molecule has 2 heterocycles. The molecule has 1 aliphatic heterocycles. The molecule has 1 aromatic heterocycles. The van der Waals surface area contributed by atoms with Crippen LogP contribution in [-0.2, 0) is 11.2 Å². The number of hydrogen-bond acceptors (Lipinski definition) is 4. The van der Waals surface area contributed by atoms with Crippen molar-refractivity contribution in [3.05, 3.63) is 16.5 Å². The van der Waals surface area contributed by atoms with E-state index in [-0.39, 0.29) is 5.91 Å². The molecule has 1 aromatic rings. The van der Waals surface area contributed by atoms with E-state index in [0.29, 0.717) is 24.0 Å². The van der Waals surface area contributed by atoms with E-state index < -0.39 is 0 Å². The number of amides is 1. The van der Waals surface area contributed by atoms with Crippen LogP contribution >= 0.6 is 11.6 Å². The number of piperidine rings is 1. The van der Waals surface area contributed by atoms with Gasteiger partial charge in [0.1, 0.15) is 0 Å². The van der Waals surface area contributed by atoms with E-state index in [0.717, 1.165) is 30.9 Å². The summed E-state index contributed by atoms with van der Waals surface area (Å²) < 4.78 is 4.86. The van der Waals surface area contributed by atoms with Gasteiger partial charge in [0.2, 0.25) is 11.1 Å². The molecule has 1 atom stereocenters. The van der Waals surface area contributed by atoms with Gasteiger partial charge in [-0.05, 0) is 56.8 Å². The lowest BCUT2D eigenvalue weighted by atomic mass is 10.00. The Morgan fingerprint density at radius 2 is 2.47 bits per heavy atom. The maximum absolute atomic E-state index is 11.8. The average Bonchev–Trinajstić information content (AvgIpc) is 2.75. The van der Waals surface area contributed by atoms with Crippen LogP contribution in [-0.4, -0.2) is 30.7 Å². The number of carbonyl (C=O) groups is 1. The molecule has 0 aliphatic carbocycles. The standard InChI is InChI=1S/C13H20ClN3O2/c1-9-11(13(14)19-17-9)4-5-12(18)16-8-10-3-2-6-15-7-10/h10,15H,2-8H2,1H3,(H,16,18). The van der Waals surface area contributed by atoms with Crippen LogP contribution in [0.3, 0.4) is 0 Å². The minimum atomic E-state index is 0.0576. The van der Waals surface area contributed by atoms with Crippen molar-refractivity contribution in [3.8, 4) is 0 Å². The zero-order chi connectivity index (χ0) is 13.7. The van der Waals surface area contributed by atoms with E-state index in [1.54, 1.807) is 0 Å². The number of aromatic nitrogens is 1. The molecule has 1 aliphatic rings. The molecule has 1 amide bonds. The Kier molecular flexibility index (Phi) is 5.22. The highest BCUT2D eigenvalue weighted by molar-refractivity contribution is 6.29. The van der Waals surface area contributed by atoms with Crippen LogP contribution in [0.2, 0.25) is 5.22 Å². The Balaban J connectivity index is 1.69. The lowest BCUT2D eigenvalue weighted by molar-refractivity contribution is -0.121. The predicted octanol–water partition coefficient (Wildman–Crippen LogP) is 1.68. The zero-order valence-corrected chi connectivity index (χ0v) is 11.9. The fourth-order valence-corrected chi connectivity index (χ4v) is 2.59. The van der Waals surface area contributed by atoms with Crippen LogP contribution in [0, 0.1) is 12.8 Å². The molecule has 106 valence electrons. The summed E-state index contributed by atoms with van der Waals surface area (Å²) in [6.07, 6.45) is 3.37. The minimum Gasteiger partial charge on any atom is -0.356 e. The number of nitrogens with zero attached hydrogens (tertiary/aromatic N) is 1. The Labute approximate surface area is 118 Å². The van der Waals surface area contributed by atoms with Crippen molar-refractivity contribution in [2.75, 3.05) is 19.6 Å². The summed E-state index contributed by atoms with van der Waals surface area (Å²) in [5.41, 5.74) is 1.59. The van der Waals surface area contributed by atoms with E-state index in [1.165, 1.54) is 12.8 Å². The molecule has 0 bridgehead atoms. The van der Waals surface area contributed by atoms with Gasteiger partial charge >= 0.3 is 0 Å². The molecule has 0 saturated carbocycles. The van der Waals surface area contributed by atoms with Crippen molar-refractivity contribution in [2.24, 2.45) is 5.92 Å². The first-order valence-electron chi connectivity index (χ1n) is 6.75. The van der Waals surface area contributed by atoms with Crippen molar-refractivity contribution in [1.29, 1.82) is 0 Å². The van der Waals surface area contributed by atoms with E-state index in [4.69, 9.17) is 16.1 Å². The van der Waals surface area contributed by atoms with Crippen LogP contribution in [0.4, 0.5) is 0 Å². The Morgan fingerprint density at radius 1 is 1.63 bits per heavy atom. The predicted molar refractivity (Wildman–Crippen MR) is 73.2 cm³/mol. The second kappa shape index (κ2) is 6.91. The number of halogens is 1. The summed E-state index contributed by atoms with van der Waals surface area (Å²) in [5, 5.41) is 10.4. The van der Waals surface area contributed by atoms with Crippen molar-refractivity contribution in [2.45, 2.75) is 32.6 Å². The molecular formula is C13H20ClN3O2. The van der Waals surface area contributed by atoms with E-state index in [2.05, 4.69) is 15.8 Å². The first kappa shape index (κ1) is 14.3. The molecule has 2 N–H and O–H groups in total. The van der Waals surface area contributed by atoms with Crippen molar-refractivity contribution < 1.29 is 9.32 Å². The van der Waals surface area contributed by atoms with E-state index in [1.807, 2.05) is 6.92 Å². The number of carbonyl (C=O) groups excluding carboxylic acids is 1. The van der Waals surface area contributed by atoms with Gasteiger partial charge in [0.25, 0.3) is 0 Å². The van der Waals surface area contributed by atoms with Gasteiger partial charge in [0.15, 0.2) is 0 Å². The summed E-state index contributed by atoms with van der Waals surface area (Å²) in [4.78, 5) is 11.8. The molecule has 0 aromatic carbocycles. The van der Waals surface area contributed by atoms with Crippen LogP contribution in [0.1, 0.15) is 30.5 Å². The monoisotopic (exact) mass is 285 g/mol. The number of hydrogen-bond donors (Lipinski definition) is 2. The molecular weight excluding hydrogens is 266 g/mol. The van der Waals surface area contributed by atoms with E-state index >= 15 is 0 Å². The Bertz CT molecular complexity index is 408. The lowest BCUT2D eigenvalue weighted by Crippen LogP contribution is -2.38. The normalized spacial score (nSPS) is 19.4. The second-order valence-electron chi connectivity index (χ2n) is 5.04. The highest BCUT2D eigenvalue weighted by Gasteiger charge is 2.15. The molecule has 0 spiro atoms. The maximum Gasteiger partial charge on any atom is 0.229 e. The molecule has 6 heteroatoms. The Hall–Kier alpha value is -1.07. The summed E-state index contributed by atoms with van der Waals surface area (Å²) in [7, 11) is 0. The molecule has 19 heavy (non-hydrogen) atoms. The molecule has 2 rings (SSSR count). The first-order chi connectivity index (χ1) is 9.16. The first-order valence-corrected chi connectivity index (χ1v) is 7.12. The Morgan fingerprint density at radius 3 is 3.11 bits per heavy atom. The van der Waals surface area contributed by atoms with Crippen LogP contribution in [0.25, 0.3) is 0 Å². The summed E-state index contributed by atoms with van der Waals surface area (Å²) >= 11 is 5.86. The third-order valence-electron chi connectivity index (χ3n) is 3.53. The molecule has 0 radical (unpaired) electrons. The SMILES string of the molecule is Cc1noc(Cl)c1CCC(=O)NCC1CCCNC1. The topological polar surface area (TPSA) is 67.2 Å². The minimum absolute atomic E-state index is 0.0576. The molecule has 1 saturated heterocycles. The fraction of sp³-hybridized carbons (Fsp3) is 0.692. The largest absolute Gasteiger partial charge is 0.356 e. The smallest absolute Gasteiger partial charge is 0.229 e. The van der Waals surface area contributed by atoms with Crippen LogP contribution in [0.15, 0.2) is 4.52 Å². The third kappa shape index (κ3) is 4.21. The quantitative estimate of drug-likeness (QED) is 0.864.